The Morgan fingerprint density at radius 3 is 2.13 bits per heavy atom. The molecule has 0 saturated heterocycles. The Morgan fingerprint density at radius 1 is 1.20 bits per heavy atom. The third kappa shape index (κ3) is 3.07. The molecule has 1 N–H and O–H groups in total. The molecule has 0 spiro atoms. The third-order valence-corrected chi connectivity index (χ3v) is 2.22. The molecular formula is C13H17NO. The first-order valence-electron chi connectivity index (χ1n) is 5.07. The first-order chi connectivity index (χ1) is 6.87. The van der Waals surface area contributed by atoms with E-state index in [1.165, 1.54) is 0 Å². The number of hydrogen-bond acceptors (Lipinski definition) is 2. The highest BCUT2D eigenvalue weighted by atomic mass is 16.3. The van der Waals surface area contributed by atoms with Crippen LogP contribution in [-0.2, 0) is 5.60 Å². The van der Waals surface area contributed by atoms with Crippen molar-refractivity contribution in [3.05, 3.63) is 35.9 Å². The minimum Gasteiger partial charge on any atom is -0.371 e. The van der Waals surface area contributed by atoms with E-state index in [1.54, 1.807) is 12.1 Å². The van der Waals surface area contributed by atoms with Gasteiger partial charge in [-0.1, -0.05) is 51.1 Å². The minimum absolute atomic E-state index is 0.0830. The van der Waals surface area contributed by atoms with Gasteiger partial charge in [-0.15, -0.1) is 0 Å². The second-order valence-electron chi connectivity index (χ2n) is 5.08. The number of nitrogens with zero attached hydrogens (tertiary/aromatic N) is 1. The van der Waals surface area contributed by atoms with Crippen LogP contribution in [0.5, 0.6) is 0 Å². The highest BCUT2D eigenvalue weighted by molar-refractivity contribution is 5.28. The van der Waals surface area contributed by atoms with Crippen molar-refractivity contribution in [2.24, 2.45) is 5.41 Å². The van der Waals surface area contributed by atoms with E-state index >= 15 is 0 Å². The summed E-state index contributed by atoms with van der Waals surface area (Å²) in [6.07, 6.45) is 0.431. The first-order valence-corrected chi connectivity index (χ1v) is 5.07. The summed E-state index contributed by atoms with van der Waals surface area (Å²) in [5.41, 5.74) is -0.790. The van der Waals surface area contributed by atoms with E-state index < -0.39 is 5.60 Å². The van der Waals surface area contributed by atoms with Crippen LogP contribution in [-0.4, -0.2) is 5.11 Å². The zero-order chi connectivity index (χ0) is 11.5. The Labute approximate surface area is 91.2 Å². The maximum absolute atomic E-state index is 10.3. The number of rotatable bonds is 2. The summed E-state index contributed by atoms with van der Waals surface area (Å²) in [6, 6.07) is 11.1. The molecule has 2 nitrogen and oxygen atoms in total. The topological polar surface area (TPSA) is 44.0 Å². The molecule has 15 heavy (non-hydrogen) atoms. The molecule has 0 aromatic heterocycles. The second-order valence-corrected chi connectivity index (χ2v) is 5.08. The van der Waals surface area contributed by atoms with Crippen molar-refractivity contribution in [2.75, 3.05) is 0 Å². The molecule has 0 bridgehead atoms. The summed E-state index contributed by atoms with van der Waals surface area (Å²) in [7, 11) is 0. The molecule has 0 heterocycles. The van der Waals surface area contributed by atoms with Gasteiger partial charge in [0, 0.05) is 0 Å². The maximum Gasteiger partial charge on any atom is 0.177 e. The second kappa shape index (κ2) is 4.04. The normalized spacial score (nSPS) is 15.4. The van der Waals surface area contributed by atoms with Crippen LogP contribution in [0.3, 0.4) is 0 Å². The average molecular weight is 203 g/mol. The van der Waals surface area contributed by atoms with Crippen LogP contribution >= 0.6 is 0 Å². The van der Waals surface area contributed by atoms with Crippen LogP contribution in [0.25, 0.3) is 0 Å². The van der Waals surface area contributed by atoms with Crippen LogP contribution < -0.4 is 0 Å². The summed E-state index contributed by atoms with van der Waals surface area (Å²) in [4.78, 5) is 0. The lowest BCUT2D eigenvalue weighted by atomic mass is 9.79. The summed E-state index contributed by atoms with van der Waals surface area (Å²) in [5, 5.41) is 19.4. The summed E-state index contributed by atoms with van der Waals surface area (Å²) in [5.74, 6) is 0. The Bertz CT molecular complexity index is 358. The van der Waals surface area contributed by atoms with Gasteiger partial charge in [0.15, 0.2) is 5.60 Å². The van der Waals surface area contributed by atoms with Crippen molar-refractivity contribution in [1.29, 1.82) is 5.26 Å². The molecule has 80 valence electrons. The van der Waals surface area contributed by atoms with E-state index in [0.717, 1.165) is 0 Å². The fraction of sp³-hybridized carbons (Fsp3) is 0.462. The van der Waals surface area contributed by atoms with E-state index in [0.29, 0.717) is 12.0 Å². The van der Waals surface area contributed by atoms with Gasteiger partial charge in [-0.25, -0.2) is 0 Å². The third-order valence-electron chi connectivity index (χ3n) is 2.22. The van der Waals surface area contributed by atoms with E-state index in [4.69, 9.17) is 5.26 Å². The quantitative estimate of drug-likeness (QED) is 0.751. The van der Waals surface area contributed by atoms with Crippen molar-refractivity contribution in [2.45, 2.75) is 32.8 Å². The maximum atomic E-state index is 10.3. The molecule has 1 unspecified atom stereocenters. The van der Waals surface area contributed by atoms with Gasteiger partial charge < -0.3 is 5.11 Å². The largest absolute Gasteiger partial charge is 0.371 e. The Hall–Kier alpha value is -1.33. The van der Waals surface area contributed by atoms with Gasteiger partial charge in [0.1, 0.15) is 6.07 Å². The van der Waals surface area contributed by atoms with Gasteiger partial charge in [0.05, 0.1) is 0 Å². The Morgan fingerprint density at radius 2 is 1.73 bits per heavy atom. The lowest BCUT2D eigenvalue weighted by Gasteiger charge is -2.28. The number of nitriles is 1. The van der Waals surface area contributed by atoms with Gasteiger partial charge in [-0.3, -0.25) is 0 Å². The lowest BCUT2D eigenvalue weighted by Crippen LogP contribution is -2.29. The number of aliphatic hydroxyl groups is 1. The van der Waals surface area contributed by atoms with Gasteiger partial charge >= 0.3 is 0 Å². The van der Waals surface area contributed by atoms with Crippen molar-refractivity contribution in [3.8, 4) is 6.07 Å². The predicted octanol–water partition coefficient (Wildman–Crippen LogP) is 2.83. The Kier molecular flexibility index (Phi) is 3.16. The van der Waals surface area contributed by atoms with E-state index in [9.17, 15) is 5.11 Å². The van der Waals surface area contributed by atoms with Gasteiger partial charge in [0.2, 0.25) is 0 Å². The van der Waals surface area contributed by atoms with Gasteiger partial charge in [-0.05, 0) is 17.4 Å². The molecule has 0 fully saturated rings. The molecule has 0 aliphatic carbocycles. The highest BCUT2D eigenvalue weighted by Gasteiger charge is 2.33. The zero-order valence-electron chi connectivity index (χ0n) is 9.49. The number of hydrogen-bond donors (Lipinski definition) is 1. The van der Waals surface area contributed by atoms with Crippen molar-refractivity contribution >= 4 is 0 Å². The van der Waals surface area contributed by atoms with Gasteiger partial charge in [-0.2, -0.15) is 5.26 Å². The van der Waals surface area contributed by atoms with Crippen LogP contribution in [0.4, 0.5) is 0 Å². The molecule has 1 atom stereocenters. The predicted molar refractivity (Wildman–Crippen MR) is 60.0 cm³/mol. The smallest absolute Gasteiger partial charge is 0.177 e. The van der Waals surface area contributed by atoms with Crippen LogP contribution in [0.1, 0.15) is 32.8 Å². The molecule has 0 radical (unpaired) electrons. The number of benzene rings is 1. The fourth-order valence-corrected chi connectivity index (χ4v) is 1.69. The molecule has 2 heteroatoms. The van der Waals surface area contributed by atoms with Crippen molar-refractivity contribution < 1.29 is 5.11 Å². The SMILES string of the molecule is CC(C)(C)CC(O)(C#N)c1ccccc1. The molecule has 1 aromatic carbocycles. The summed E-state index contributed by atoms with van der Waals surface area (Å²) in [6.45, 7) is 6.04. The monoisotopic (exact) mass is 203 g/mol. The van der Waals surface area contributed by atoms with Gasteiger partial charge in [0.25, 0.3) is 0 Å². The standard InChI is InChI=1S/C13H17NO/c1-12(2,3)9-13(15,10-14)11-7-5-4-6-8-11/h4-8,15H,9H2,1-3H3. The van der Waals surface area contributed by atoms with Crippen molar-refractivity contribution in [1.82, 2.24) is 0 Å². The molecule has 1 rings (SSSR count). The molecule has 0 aliphatic rings. The van der Waals surface area contributed by atoms with Crippen LogP contribution in [0, 0.1) is 16.7 Å². The van der Waals surface area contributed by atoms with Crippen molar-refractivity contribution in [3.63, 3.8) is 0 Å². The van der Waals surface area contributed by atoms with Crippen LogP contribution in [0.2, 0.25) is 0 Å². The molecular weight excluding hydrogens is 186 g/mol. The summed E-state index contributed by atoms with van der Waals surface area (Å²) >= 11 is 0. The highest BCUT2D eigenvalue weighted by Crippen LogP contribution is 2.33. The van der Waals surface area contributed by atoms with E-state index in [1.807, 2.05) is 45.0 Å². The molecule has 1 aromatic rings. The van der Waals surface area contributed by atoms with Crippen LogP contribution in [0.15, 0.2) is 30.3 Å². The lowest BCUT2D eigenvalue weighted by molar-refractivity contribution is 0.0512. The molecule has 0 amide bonds. The fourth-order valence-electron chi connectivity index (χ4n) is 1.69. The average Bonchev–Trinajstić information content (AvgIpc) is 2.16. The zero-order valence-corrected chi connectivity index (χ0v) is 9.49. The molecule has 0 saturated carbocycles. The minimum atomic E-state index is -1.38. The van der Waals surface area contributed by atoms with E-state index in [2.05, 4.69) is 0 Å². The van der Waals surface area contributed by atoms with E-state index in [-0.39, 0.29) is 5.41 Å². The molecule has 0 aliphatic heterocycles. The summed E-state index contributed by atoms with van der Waals surface area (Å²) < 4.78 is 0. The Balaban J connectivity index is 3.03. The first kappa shape index (κ1) is 11.7.